The molecule has 3 rings (SSSR count). The summed E-state index contributed by atoms with van der Waals surface area (Å²) < 4.78 is 0.373. The zero-order valence-corrected chi connectivity index (χ0v) is 14.1. The van der Waals surface area contributed by atoms with Crippen molar-refractivity contribution in [1.29, 1.82) is 0 Å². The van der Waals surface area contributed by atoms with Gasteiger partial charge in [0.1, 0.15) is 0 Å². The highest BCUT2D eigenvalue weighted by Crippen LogP contribution is 2.63. The van der Waals surface area contributed by atoms with E-state index in [0.717, 1.165) is 5.56 Å². The highest BCUT2D eigenvalue weighted by atomic mass is 32.2. The summed E-state index contributed by atoms with van der Waals surface area (Å²) in [6.45, 7) is 9.15. The van der Waals surface area contributed by atoms with E-state index >= 15 is 0 Å². The maximum absolute atomic E-state index is 9.76. The van der Waals surface area contributed by atoms with Crippen molar-refractivity contribution in [2.45, 2.75) is 62.0 Å². The van der Waals surface area contributed by atoms with Crippen LogP contribution in [0.2, 0.25) is 0 Å². The number of rotatable bonds is 1. The topological polar surface area (TPSA) is 20.2 Å². The van der Waals surface area contributed by atoms with E-state index in [-0.39, 0.29) is 14.8 Å². The van der Waals surface area contributed by atoms with Gasteiger partial charge in [-0.2, -0.15) is 0 Å². The van der Waals surface area contributed by atoms with E-state index in [0.29, 0.717) is 0 Å². The zero-order chi connectivity index (χ0) is 13.1. The first kappa shape index (κ1) is 13.6. The lowest BCUT2D eigenvalue weighted by Gasteiger charge is -2.15. The van der Waals surface area contributed by atoms with Gasteiger partial charge in [0.25, 0.3) is 0 Å². The lowest BCUT2D eigenvalue weighted by Crippen LogP contribution is -2.03. The molecule has 0 amide bonds. The van der Waals surface area contributed by atoms with Crippen LogP contribution in [0, 0.1) is 0 Å². The van der Waals surface area contributed by atoms with Crippen LogP contribution in [-0.2, 0) is 6.61 Å². The van der Waals surface area contributed by atoms with Crippen LogP contribution in [-0.4, -0.2) is 13.3 Å². The van der Waals surface area contributed by atoms with Gasteiger partial charge in [-0.1, -0.05) is 0 Å². The minimum atomic E-state index is 0.152. The van der Waals surface area contributed by atoms with Crippen molar-refractivity contribution in [3.8, 4) is 0 Å². The molecule has 2 aliphatic heterocycles. The third kappa shape index (κ3) is 2.22. The second kappa shape index (κ2) is 4.29. The molecule has 0 aliphatic carbocycles. The fourth-order valence-corrected chi connectivity index (χ4v) is 7.97. The molecular weight excluding hydrogens is 300 g/mol. The van der Waals surface area contributed by atoms with Crippen LogP contribution >= 0.6 is 47.0 Å². The maximum atomic E-state index is 9.76. The Morgan fingerprint density at radius 2 is 1.33 bits per heavy atom. The second-order valence-corrected chi connectivity index (χ2v) is 12.5. The summed E-state index contributed by atoms with van der Waals surface area (Å²) in [5.74, 6) is 0. The summed E-state index contributed by atoms with van der Waals surface area (Å²) in [7, 11) is 0. The average Bonchev–Trinajstić information content (AvgIpc) is 2.67. The number of benzene rings is 1. The molecule has 0 radical (unpaired) electrons. The van der Waals surface area contributed by atoms with Crippen molar-refractivity contribution in [3.63, 3.8) is 0 Å². The third-order valence-electron chi connectivity index (χ3n) is 2.82. The molecule has 5 heteroatoms. The molecule has 2 aliphatic rings. The predicted octanol–water partition coefficient (Wildman–Crippen LogP) is 5.05. The van der Waals surface area contributed by atoms with E-state index in [4.69, 9.17) is 0 Å². The normalized spacial score (nSPS) is 22.9. The van der Waals surface area contributed by atoms with Crippen molar-refractivity contribution in [2.24, 2.45) is 0 Å². The third-order valence-corrected chi connectivity index (χ3v) is 8.47. The summed E-state index contributed by atoms with van der Waals surface area (Å²) >= 11 is 7.62. The molecule has 0 aromatic heterocycles. The Kier molecular flexibility index (Phi) is 3.23. The van der Waals surface area contributed by atoms with Crippen molar-refractivity contribution in [2.75, 3.05) is 0 Å². The lowest BCUT2D eigenvalue weighted by molar-refractivity contribution is 0.274. The van der Waals surface area contributed by atoms with Gasteiger partial charge in [0.05, 0.1) is 14.8 Å². The Morgan fingerprint density at radius 1 is 0.889 bits per heavy atom. The largest absolute Gasteiger partial charge is 0.392 e. The molecular formula is C13H16OS4. The van der Waals surface area contributed by atoms with Crippen LogP contribution in [0.15, 0.2) is 25.6 Å². The minimum Gasteiger partial charge on any atom is -0.392 e. The molecule has 0 bridgehead atoms. The molecule has 1 aromatic rings. The van der Waals surface area contributed by atoms with Gasteiger partial charge in [-0.05, 0) is 33.8 Å². The SMILES string of the molecule is CC1(C)Sc2cc3c(c(CO)c2S1)SC(C)(C)S3. The molecule has 98 valence electrons. The number of hydrogen-bond acceptors (Lipinski definition) is 5. The summed E-state index contributed by atoms with van der Waals surface area (Å²) in [5.41, 5.74) is 1.15. The number of aliphatic hydroxyl groups is 1. The van der Waals surface area contributed by atoms with Crippen molar-refractivity contribution in [1.82, 2.24) is 0 Å². The zero-order valence-electron chi connectivity index (χ0n) is 10.9. The van der Waals surface area contributed by atoms with Gasteiger partial charge < -0.3 is 5.11 Å². The molecule has 18 heavy (non-hydrogen) atoms. The molecule has 2 heterocycles. The molecule has 1 aromatic carbocycles. The van der Waals surface area contributed by atoms with Gasteiger partial charge >= 0.3 is 0 Å². The van der Waals surface area contributed by atoms with E-state index in [1.165, 1.54) is 19.6 Å². The lowest BCUT2D eigenvalue weighted by atomic mass is 10.2. The summed E-state index contributed by atoms with van der Waals surface area (Å²) in [6.07, 6.45) is 0. The van der Waals surface area contributed by atoms with Crippen molar-refractivity contribution in [3.05, 3.63) is 11.6 Å². The number of hydrogen-bond donors (Lipinski definition) is 1. The van der Waals surface area contributed by atoms with E-state index < -0.39 is 0 Å². The average molecular weight is 317 g/mol. The summed E-state index contributed by atoms with van der Waals surface area (Å²) in [5, 5.41) is 9.76. The van der Waals surface area contributed by atoms with E-state index in [1.54, 1.807) is 0 Å². The number of thioether (sulfide) groups is 4. The van der Waals surface area contributed by atoms with Crippen LogP contribution in [0.3, 0.4) is 0 Å². The Bertz CT molecular complexity index is 480. The summed E-state index contributed by atoms with van der Waals surface area (Å²) in [4.78, 5) is 5.30. The second-order valence-electron chi connectivity index (χ2n) is 5.38. The smallest absolute Gasteiger partial charge is 0.0704 e. The quantitative estimate of drug-likeness (QED) is 0.780. The van der Waals surface area contributed by atoms with E-state index in [1.807, 2.05) is 47.0 Å². The maximum Gasteiger partial charge on any atom is 0.0704 e. The number of aliphatic hydroxyl groups excluding tert-OH is 1. The van der Waals surface area contributed by atoms with Gasteiger partial charge in [0.2, 0.25) is 0 Å². The Morgan fingerprint density at radius 3 is 1.72 bits per heavy atom. The van der Waals surface area contributed by atoms with Gasteiger partial charge in [0.15, 0.2) is 0 Å². The van der Waals surface area contributed by atoms with Gasteiger partial charge in [0, 0.05) is 25.1 Å². The van der Waals surface area contributed by atoms with Gasteiger partial charge in [-0.3, -0.25) is 0 Å². The molecule has 0 unspecified atom stereocenters. The van der Waals surface area contributed by atoms with Gasteiger partial charge in [-0.15, -0.1) is 47.0 Å². The Labute approximate surface area is 125 Å². The highest BCUT2D eigenvalue weighted by Gasteiger charge is 2.38. The van der Waals surface area contributed by atoms with Gasteiger partial charge in [-0.25, -0.2) is 0 Å². The first-order chi connectivity index (χ1) is 8.31. The first-order valence-corrected chi connectivity index (χ1v) is 9.15. The summed E-state index contributed by atoms with van der Waals surface area (Å²) in [6, 6.07) is 2.32. The Balaban J connectivity index is 2.14. The molecule has 0 saturated heterocycles. The van der Waals surface area contributed by atoms with Crippen LogP contribution in [0.4, 0.5) is 0 Å². The predicted molar refractivity (Wildman–Crippen MR) is 84.0 cm³/mol. The fraction of sp³-hybridized carbons (Fsp3) is 0.538. The molecule has 0 spiro atoms. The number of fused-ring (bicyclic) bond motifs is 2. The van der Waals surface area contributed by atoms with E-state index in [2.05, 4.69) is 33.8 Å². The molecule has 0 atom stereocenters. The fourth-order valence-electron chi connectivity index (χ4n) is 2.23. The van der Waals surface area contributed by atoms with Crippen LogP contribution in [0.5, 0.6) is 0 Å². The van der Waals surface area contributed by atoms with Crippen molar-refractivity contribution >= 4 is 47.0 Å². The monoisotopic (exact) mass is 316 g/mol. The highest BCUT2D eigenvalue weighted by molar-refractivity contribution is 8.21. The molecule has 0 fully saturated rings. The van der Waals surface area contributed by atoms with Crippen LogP contribution in [0.1, 0.15) is 33.3 Å². The van der Waals surface area contributed by atoms with Crippen LogP contribution < -0.4 is 0 Å². The van der Waals surface area contributed by atoms with Crippen LogP contribution in [0.25, 0.3) is 0 Å². The first-order valence-electron chi connectivity index (χ1n) is 5.88. The van der Waals surface area contributed by atoms with E-state index in [9.17, 15) is 5.11 Å². The van der Waals surface area contributed by atoms with Crippen molar-refractivity contribution < 1.29 is 5.11 Å². The molecule has 0 saturated carbocycles. The Hall–Kier alpha value is 0.580. The standard InChI is InChI=1S/C13H16OS4/c1-12(2)15-8-5-9-11(18-13(3,4)16-9)7(6-14)10(8)17-12/h5,14H,6H2,1-4H3. The molecule has 1 nitrogen and oxygen atoms in total. The minimum absolute atomic E-state index is 0.152. The molecule has 1 N–H and O–H groups in total.